The molecule has 1 saturated heterocycles. The van der Waals surface area contributed by atoms with Crippen LogP contribution < -0.4 is 5.32 Å². The zero-order valence-corrected chi connectivity index (χ0v) is 18.1. The standard InChI is InChI=1S/C22H27N3O4S/c1-3-14-30(28,29)19-11-5-4-10-18(19)22(27)25-13-7-9-17(15-25)21(26)24-20-12-6-8-16(2)23-20/h4-6,8,10-12,17H,3,7,9,13-15H2,1-2H3,(H,23,24,26). The van der Waals surface area contributed by atoms with Gasteiger partial charge in [0.1, 0.15) is 5.82 Å². The van der Waals surface area contributed by atoms with Gasteiger partial charge in [0.05, 0.1) is 22.1 Å². The maximum atomic E-state index is 13.2. The molecular formula is C22H27N3O4S. The van der Waals surface area contributed by atoms with Crippen LogP contribution in [0.4, 0.5) is 5.82 Å². The van der Waals surface area contributed by atoms with Crippen LogP contribution in [0.3, 0.4) is 0 Å². The van der Waals surface area contributed by atoms with Crippen molar-refractivity contribution in [2.45, 2.75) is 38.0 Å². The van der Waals surface area contributed by atoms with Crippen LogP contribution in [0.5, 0.6) is 0 Å². The van der Waals surface area contributed by atoms with Gasteiger partial charge < -0.3 is 10.2 Å². The van der Waals surface area contributed by atoms with Crippen LogP contribution in [0, 0.1) is 12.8 Å². The number of anilines is 1. The monoisotopic (exact) mass is 429 g/mol. The van der Waals surface area contributed by atoms with Crippen molar-refractivity contribution in [3.05, 3.63) is 53.7 Å². The van der Waals surface area contributed by atoms with E-state index in [-0.39, 0.29) is 40.5 Å². The van der Waals surface area contributed by atoms with Crippen molar-refractivity contribution in [1.29, 1.82) is 0 Å². The molecular weight excluding hydrogens is 402 g/mol. The number of aryl methyl sites for hydroxylation is 1. The maximum absolute atomic E-state index is 13.2. The summed E-state index contributed by atoms with van der Waals surface area (Å²) < 4.78 is 25.2. The van der Waals surface area contributed by atoms with E-state index in [9.17, 15) is 18.0 Å². The Bertz CT molecular complexity index is 1040. The molecule has 1 aliphatic heterocycles. The fourth-order valence-electron chi connectivity index (χ4n) is 3.68. The van der Waals surface area contributed by atoms with Crippen molar-refractivity contribution < 1.29 is 18.0 Å². The summed E-state index contributed by atoms with van der Waals surface area (Å²) in [5.74, 6) is -0.427. The van der Waals surface area contributed by atoms with Crippen molar-refractivity contribution in [3.8, 4) is 0 Å². The Morgan fingerprint density at radius 1 is 1.17 bits per heavy atom. The molecule has 1 aliphatic rings. The number of hydrogen-bond acceptors (Lipinski definition) is 5. The normalized spacial score (nSPS) is 16.9. The average Bonchev–Trinajstić information content (AvgIpc) is 2.73. The van der Waals surface area contributed by atoms with Crippen LogP contribution in [0.1, 0.15) is 42.2 Å². The van der Waals surface area contributed by atoms with Gasteiger partial charge >= 0.3 is 0 Å². The molecule has 2 amide bonds. The molecule has 160 valence electrons. The summed E-state index contributed by atoms with van der Waals surface area (Å²) >= 11 is 0. The zero-order chi connectivity index (χ0) is 21.7. The first-order valence-corrected chi connectivity index (χ1v) is 11.8. The van der Waals surface area contributed by atoms with Gasteiger partial charge in [-0.3, -0.25) is 9.59 Å². The number of nitrogens with zero attached hydrogens (tertiary/aromatic N) is 2. The highest BCUT2D eigenvalue weighted by molar-refractivity contribution is 7.91. The minimum Gasteiger partial charge on any atom is -0.338 e. The van der Waals surface area contributed by atoms with E-state index in [0.29, 0.717) is 31.6 Å². The Labute approximate surface area is 177 Å². The van der Waals surface area contributed by atoms with E-state index in [4.69, 9.17) is 0 Å². The molecule has 8 heteroatoms. The molecule has 0 aliphatic carbocycles. The second-order valence-corrected chi connectivity index (χ2v) is 9.64. The average molecular weight is 430 g/mol. The van der Waals surface area contributed by atoms with Crippen molar-refractivity contribution in [1.82, 2.24) is 9.88 Å². The highest BCUT2D eigenvalue weighted by Gasteiger charge is 2.31. The fraction of sp³-hybridized carbons (Fsp3) is 0.409. The second kappa shape index (κ2) is 9.38. The molecule has 0 spiro atoms. The summed E-state index contributed by atoms with van der Waals surface area (Å²) in [5, 5.41) is 2.82. The number of aromatic nitrogens is 1. The number of piperidine rings is 1. The summed E-state index contributed by atoms with van der Waals surface area (Å²) in [6.45, 7) is 4.38. The molecule has 3 rings (SSSR count). The Balaban J connectivity index is 1.76. The fourth-order valence-corrected chi connectivity index (χ4v) is 5.21. The molecule has 0 radical (unpaired) electrons. The molecule has 1 unspecified atom stereocenters. The van der Waals surface area contributed by atoms with E-state index in [2.05, 4.69) is 10.3 Å². The number of carbonyl (C=O) groups is 2. The van der Waals surface area contributed by atoms with E-state index in [0.717, 1.165) is 5.69 Å². The predicted molar refractivity (Wildman–Crippen MR) is 115 cm³/mol. The predicted octanol–water partition coefficient (Wildman–Crippen LogP) is 3.06. The maximum Gasteiger partial charge on any atom is 0.255 e. The van der Waals surface area contributed by atoms with Gasteiger partial charge in [0.25, 0.3) is 5.91 Å². The first-order valence-electron chi connectivity index (χ1n) is 10.2. The molecule has 1 aromatic heterocycles. The first-order chi connectivity index (χ1) is 14.3. The Hall–Kier alpha value is -2.74. The van der Waals surface area contributed by atoms with Crippen molar-refractivity contribution >= 4 is 27.5 Å². The summed E-state index contributed by atoms with van der Waals surface area (Å²) in [7, 11) is -3.53. The number of carbonyl (C=O) groups excluding carboxylic acids is 2. The van der Waals surface area contributed by atoms with Crippen molar-refractivity contribution in [3.63, 3.8) is 0 Å². The number of benzene rings is 1. The SMILES string of the molecule is CCCS(=O)(=O)c1ccccc1C(=O)N1CCCC(C(=O)Nc2cccc(C)n2)C1. The lowest BCUT2D eigenvalue weighted by atomic mass is 9.96. The molecule has 1 N–H and O–H groups in total. The van der Waals surface area contributed by atoms with Gasteiger partial charge in [-0.1, -0.05) is 25.1 Å². The van der Waals surface area contributed by atoms with Crippen LogP contribution in [0.15, 0.2) is 47.4 Å². The van der Waals surface area contributed by atoms with E-state index in [1.807, 2.05) is 19.1 Å². The van der Waals surface area contributed by atoms with E-state index in [1.54, 1.807) is 36.1 Å². The van der Waals surface area contributed by atoms with E-state index < -0.39 is 9.84 Å². The highest BCUT2D eigenvalue weighted by atomic mass is 32.2. The number of sulfone groups is 1. The lowest BCUT2D eigenvalue weighted by molar-refractivity contribution is -0.121. The number of pyridine rings is 1. The summed E-state index contributed by atoms with van der Waals surface area (Å²) in [5.41, 5.74) is 0.977. The number of amides is 2. The minimum atomic E-state index is -3.53. The number of likely N-dealkylation sites (tertiary alicyclic amines) is 1. The van der Waals surface area contributed by atoms with E-state index >= 15 is 0 Å². The Kier molecular flexibility index (Phi) is 6.87. The number of hydrogen-bond donors (Lipinski definition) is 1. The zero-order valence-electron chi connectivity index (χ0n) is 17.3. The highest BCUT2D eigenvalue weighted by Crippen LogP contribution is 2.24. The molecule has 0 bridgehead atoms. The third-order valence-corrected chi connectivity index (χ3v) is 7.12. The van der Waals surface area contributed by atoms with Crippen molar-refractivity contribution in [2.24, 2.45) is 5.92 Å². The second-order valence-electron chi connectivity index (χ2n) is 7.56. The molecule has 1 fully saturated rings. The quantitative estimate of drug-likeness (QED) is 0.761. The van der Waals surface area contributed by atoms with Gasteiger partial charge in [0.15, 0.2) is 9.84 Å². The number of nitrogens with one attached hydrogen (secondary N) is 1. The third kappa shape index (κ3) is 5.05. The van der Waals surface area contributed by atoms with Gasteiger partial charge in [-0.2, -0.15) is 0 Å². The molecule has 1 aromatic carbocycles. The summed E-state index contributed by atoms with van der Waals surface area (Å²) in [6.07, 6.45) is 1.82. The van der Waals surface area contributed by atoms with Crippen LogP contribution in [0.25, 0.3) is 0 Å². The first kappa shape index (κ1) is 22.0. The lowest BCUT2D eigenvalue weighted by Crippen LogP contribution is -2.44. The molecule has 30 heavy (non-hydrogen) atoms. The summed E-state index contributed by atoms with van der Waals surface area (Å²) in [6, 6.07) is 11.7. The number of rotatable bonds is 6. The lowest BCUT2D eigenvalue weighted by Gasteiger charge is -2.32. The smallest absolute Gasteiger partial charge is 0.255 e. The molecule has 1 atom stereocenters. The van der Waals surface area contributed by atoms with Gasteiger partial charge in [0, 0.05) is 18.8 Å². The third-order valence-electron chi connectivity index (χ3n) is 5.14. The molecule has 0 saturated carbocycles. The van der Waals surface area contributed by atoms with Gasteiger partial charge in [0.2, 0.25) is 5.91 Å². The minimum absolute atomic E-state index is 0.00812. The molecule has 2 heterocycles. The van der Waals surface area contributed by atoms with Crippen molar-refractivity contribution in [2.75, 3.05) is 24.2 Å². The topological polar surface area (TPSA) is 96.4 Å². The van der Waals surface area contributed by atoms with E-state index in [1.165, 1.54) is 6.07 Å². The van der Waals surface area contributed by atoms with Gasteiger partial charge in [-0.05, 0) is 50.5 Å². The largest absolute Gasteiger partial charge is 0.338 e. The molecule has 2 aromatic rings. The van der Waals surface area contributed by atoms with Crippen LogP contribution in [-0.4, -0.2) is 49.0 Å². The van der Waals surface area contributed by atoms with Gasteiger partial charge in [-0.25, -0.2) is 13.4 Å². The van der Waals surface area contributed by atoms with Crippen LogP contribution in [-0.2, 0) is 14.6 Å². The summed E-state index contributed by atoms with van der Waals surface area (Å²) in [4.78, 5) is 31.8. The molecule has 7 nitrogen and oxygen atoms in total. The Morgan fingerprint density at radius 3 is 2.67 bits per heavy atom. The Morgan fingerprint density at radius 2 is 1.93 bits per heavy atom. The van der Waals surface area contributed by atoms with Crippen LogP contribution in [0.2, 0.25) is 0 Å². The van der Waals surface area contributed by atoms with Crippen LogP contribution >= 0.6 is 0 Å². The van der Waals surface area contributed by atoms with Gasteiger partial charge in [-0.15, -0.1) is 0 Å².